The molecule has 2 rings (SSSR count). The van der Waals surface area contributed by atoms with Crippen molar-refractivity contribution in [3.05, 3.63) is 32.6 Å². The minimum Gasteiger partial charge on any atom is -0.394 e. The second-order valence-corrected chi connectivity index (χ2v) is 4.34. The van der Waals surface area contributed by atoms with Crippen LogP contribution in [0, 0.1) is 0 Å². The van der Waals surface area contributed by atoms with Gasteiger partial charge >= 0.3 is 11.9 Å². The fraction of sp³-hybridized carbons (Fsp3) is 0.600. The highest BCUT2D eigenvalue weighted by atomic mass is 19.4. The molecule has 0 amide bonds. The normalized spacial score (nSPS) is 29.8. The molecule has 0 bridgehead atoms. The summed E-state index contributed by atoms with van der Waals surface area (Å²) >= 11 is 0. The Bertz CT molecular complexity index is 640. The number of H-pyrrole nitrogens is 1. The number of aromatic nitrogens is 2. The van der Waals surface area contributed by atoms with Gasteiger partial charge in [0.25, 0.3) is 5.56 Å². The summed E-state index contributed by atoms with van der Waals surface area (Å²) in [5.74, 6) is 0. The number of aliphatic hydroxyl groups is 1. The largest absolute Gasteiger partial charge is 0.423 e. The average Bonchev–Trinajstić information content (AvgIpc) is 2.65. The zero-order valence-corrected chi connectivity index (χ0v) is 10.1. The van der Waals surface area contributed by atoms with Gasteiger partial charge in [-0.25, -0.2) is 13.6 Å². The number of ether oxygens (including phenoxy) is 1. The quantitative estimate of drug-likeness (QED) is 0.759. The topological polar surface area (TPSA) is 84.3 Å². The zero-order valence-electron chi connectivity index (χ0n) is 10.1. The van der Waals surface area contributed by atoms with E-state index in [1.165, 1.54) is 4.98 Å². The molecule has 1 fully saturated rings. The lowest BCUT2D eigenvalue weighted by molar-refractivity contribution is -0.139. The van der Waals surface area contributed by atoms with Crippen molar-refractivity contribution in [2.45, 2.75) is 30.9 Å². The highest BCUT2D eigenvalue weighted by molar-refractivity contribution is 5.10. The van der Waals surface area contributed by atoms with E-state index < -0.39 is 54.3 Å². The lowest BCUT2D eigenvalue weighted by Crippen LogP contribution is -2.38. The average molecular weight is 316 g/mol. The van der Waals surface area contributed by atoms with E-state index in [9.17, 15) is 31.5 Å². The fourth-order valence-electron chi connectivity index (χ4n) is 1.93. The van der Waals surface area contributed by atoms with Crippen molar-refractivity contribution in [1.29, 1.82) is 0 Å². The number of hydrogen-bond donors (Lipinski definition) is 2. The van der Waals surface area contributed by atoms with Gasteiger partial charge in [0.2, 0.25) is 0 Å². The first kappa shape index (κ1) is 15.6. The van der Waals surface area contributed by atoms with Gasteiger partial charge in [0.1, 0.15) is 11.7 Å². The second kappa shape index (κ2) is 5.22. The van der Waals surface area contributed by atoms with E-state index in [2.05, 4.69) is 4.74 Å². The molecule has 1 saturated heterocycles. The Balaban J connectivity index is 2.50. The van der Waals surface area contributed by atoms with Gasteiger partial charge in [-0.05, 0) is 0 Å². The highest BCUT2D eigenvalue weighted by Crippen LogP contribution is 2.33. The summed E-state index contributed by atoms with van der Waals surface area (Å²) in [6.45, 7) is -0.914. The van der Waals surface area contributed by atoms with Crippen LogP contribution in [-0.2, 0) is 10.9 Å². The SMILES string of the molecule is O=c1[nH]c(=O)n([C@@H]2O[C@H](CO)[C@@H](F)[C@H]2F)cc1C(F)(F)F. The summed E-state index contributed by atoms with van der Waals surface area (Å²) in [7, 11) is 0. The Morgan fingerprint density at radius 1 is 1.29 bits per heavy atom. The molecule has 1 aromatic heterocycles. The molecule has 0 unspecified atom stereocenters. The Kier molecular flexibility index (Phi) is 3.89. The van der Waals surface area contributed by atoms with Crippen LogP contribution in [0.4, 0.5) is 22.0 Å². The number of alkyl halides is 5. The Morgan fingerprint density at radius 2 is 1.90 bits per heavy atom. The predicted molar refractivity (Wildman–Crippen MR) is 57.1 cm³/mol. The van der Waals surface area contributed by atoms with Gasteiger partial charge in [-0.2, -0.15) is 13.2 Å². The first-order valence-electron chi connectivity index (χ1n) is 5.64. The Morgan fingerprint density at radius 3 is 2.38 bits per heavy atom. The van der Waals surface area contributed by atoms with Crippen LogP contribution in [0.15, 0.2) is 15.8 Å². The van der Waals surface area contributed by atoms with Gasteiger partial charge in [-0.3, -0.25) is 14.3 Å². The van der Waals surface area contributed by atoms with Crippen molar-refractivity contribution in [3.63, 3.8) is 0 Å². The first-order valence-corrected chi connectivity index (χ1v) is 5.64. The maximum atomic E-state index is 13.7. The number of rotatable bonds is 2. The zero-order chi connectivity index (χ0) is 15.9. The summed E-state index contributed by atoms with van der Waals surface area (Å²) in [4.78, 5) is 23.9. The van der Waals surface area contributed by atoms with E-state index in [-0.39, 0.29) is 10.8 Å². The molecule has 1 aliphatic rings. The monoisotopic (exact) mass is 316 g/mol. The van der Waals surface area contributed by atoms with Crippen molar-refractivity contribution >= 4 is 0 Å². The molecule has 1 aromatic rings. The summed E-state index contributed by atoms with van der Waals surface area (Å²) in [5.41, 5.74) is -4.83. The first-order chi connectivity index (χ1) is 9.66. The van der Waals surface area contributed by atoms with Crippen LogP contribution in [0.2, 0.25) is 0 Å². The molecule has 11 heteroatoms. The van der Waals surface area contributed by atoms with Gasteiger partial charge in [0.05, 0.1) is 6.61 Å². The van der Waals surface area contributed by atoms with Crippen molar-refractivity contribution in [3.8, 4) is 0 Å². The molecule has 118 valence electrons. The van der Waals surface area contributed by atoms with Crippen LogP contribution in [0.25, 0.3) is 0 Å². The molecule has 0 aliphatic carbocycles. The van der Waals surface area contributed by atoms with Crippen LogP contribution >= 0.6 is 0 Å². The van der Waals surface area contributed by atoms with Gasteiger partial charge in [0, 0.05) is 6.20 Å². The number of aliphatic hydroxyl groups excluding tert-OH is 1. The van der Waals surface area contributed by atoms with E-state index in [1.54, 1.807) is 0 Å². The lowest BCUT2D eigenvalue weighted by Gasteiger charge is -2.17. The molecule has 2 N–H and O–H groups in total. The Hall–Kier alpha value is -1.75. The van der Waals surface area contributed by atoms with Gasteiger partial charge < -0.3 is 9.84 Å². The van der Waals surface area contributed by atoms with E-state index in [0.29, 0.717) is 0 Å². The van der Waals surface area contributed by atoms with Crippen LogP contribution in [0.5, 0.6) is 0 Å². The van der Waals surface area contributed by atoms with Crippen molar-refractivity contribution in [1.82, 2.24) is 9.55 Å². The van der Waals surface area contributed by atoms with E-state index in [4.69, 9.17) is 5.11 Å². The van der Waals surface area contributed by atoms with Crippen molar-refractivity contribution < 1.29 is 31.8 Å². The van der Waals surface area contributed by atoms with Crippen molar-refractivity contribution in [2.75, 3.05) is 6.61 Å². The van der Waals surface area contributed by atoms with E-state index in [1.807, 2.05) is 0 Å². The van der Waals surface area contributed by atoms with Crippen LogP contribution in [0.1, 0.15) is 11.8 Å². The van der Waals surface area contributed by atoms with E-state index >= 15 is 0 Å². The smallest absolute Gasteiger partial charge is 0.394 e. The molecule has 2 heterocycles. The Labute approximate surface area is 112 Å². The lowest BCUT2D eigenvalue weighted by atomic mass is 10.2. The molecule has 0 spiro atoms. The molecular formula is C10H9F5N2O4. The van der Waals surface area contributed by atoms with Crippen LogP contribution in [-0.4, -0.2) is 39.7 Å². The van der Waals surface area contributed by atoms with Crippen LogP contribution in [0.3, 0.4) is 0 Å². The van der Waals surface area contributed by atoms with Crippen LogP contribution < -0.4 is 11.2 Å². The van der Waals surface area contributed by atoms with Gasteiger partial charge in [-0.15, -0.1) is 0 Å². The summed E-state index contributed by atoms with van der Waals surface area (Å²) in [6, 6.07) is 0. The molecule has 0 aromatic carbocycles. The highest BCUT2D eigenvalue weighted by Gasteiger charge is 2.47. The summed E-state index contributed by atoms with van der Waals surface area (Å²) < 4.78 is 69.6. The molecule has 1 aliphatic heterocycles. The number of halogens is 5. The van der Waals surface area contributed by atoms with Gasteiger partial charge in [-0.1, -0.05) is 0 Å². The number of nitrogens with zero attached hydrogens (tertiary/aromatic N) is 1. The van der Waals surface area contributed by atoms with Crippen molar-refractivity contribution in [2.24, 2.45) is 0 Å². The predicted octanol–water partition coefficient (Wildman–Crippen LogP) is 0.121. The molecule has 0 saturated carbocycles. The summed E-state index contributed by atoms with van der Waals surface area (Å²) in [5, 5.41) is 8.76. The molecular weight excluding hydrogens is 307 g/mol. The molecule has 6 nitrogen and oxygen atoms in total. The van der Waals surface area contributed by atoms with Gasteiger partial charge in [0.15, 0.2) is 18.6 Å². The molecule has 0 radical (unpaired) electrons. The molecule has 4 atom stereocenters. The maximum Gasteiger partial charge on any atom is 0.423 e. The third-order valence-electron chi connectivity index (χ3n) is 2.97. The molecule has 21 heavy (non-hydrogen) atoms. The third-order valence-corrected chi connectivity index (χ3v) is 2.97. The maximum absolute atomic E-state index is 13.7. The number of aromatic amines is 1. The minimum atomic E-state index is -5.08. The minimum absolute atomic E-state index is 0.0604. The number of nitrogens with one attached hydrogen (secondary N) is 1. The standard InChI is InChI=1S/C10H9F5N2O4/c11-5-4(2-18)21-8(6(5)12)17-1-3(10(13,14)15)7(19)16-9(17)20/h1,4-6,8,18H,2H2,(H,16,19,20)/t4-,5-,6-,8-/m1/s1. The third kappa shape index (κ3) is 2.70. The second-order valence-electron chi connectivity index (χ2n) is 4.34. The van der Waals surface area contributed by atoms with E-state index in [0.717, 1.165) is 0 Å². The summed E-state index contributed by atoms with van der Waals surface area (Å²) in [6.07, 6.45) is -13.4. The fourth-order valence-corrected chi connectivity index (χ4v) is 1.93. The number of hydrogen-bond acceptors (Lipinski definition) is 4.